The number of nitrogens with one attached hydrogen (secondary N) is 2. The molecule has 3 aromatic rings. The van der Waals surface area contributed by atoms with Crippen LogP contribution in [0, 0.1) is 11.6 Å². The predicted molar refractivity (Wildman–Crippen MR) is 94.9 cm³/mol. The molecule has 0 bridgehead atoms. The summed E-state index contributed by atoms with van der Waals surface area (Å²) < 4.78 is 26.5. The van der Waals surface area contributed by atoms with Gasteiger partial charge in [0.1, 0.15) is 11.6 Å². The first-order valence-electron chi connectivity index (χ1n) is 7.76. The summed E-state index contributed by atoms with van der Waals surface area (Å²) in [4.78, 5) is 12.0. The van der Waals surface area contributed by atoms with Crippen molar-refractivity contribution >= 4 is 23.0 Å². The number of amides is 1. The van der Waals surface area contributed by atoms with E-state index in [4.69, 9.17) is 0 Å². The van der Waals surface area contributed by atoms with Crippen molar-refractivity contribution in [2.75, 3.05) is 10.6 Å². The average molecular weight is 338 g/mol. The van der Waals surface area contributed by atoms with Gasteiger partial charge in [-0.1, -0.05) is 24.3 Å². The molecule has 0 aliphatic carbocycles. The second kappa shape index (κ2) is 7.57. The first-order chi connectivity index (χ1) is 12.1. The monoisotopic (exact) mass is 338 g/mol. The molecule has 0 fully saturated rings. The SMILES string of the molecule is O=C(Cc1ccc(F)cc1)Nc1ccc(Nc2ccccc2F)cc1. The summed E-state index contributed by atoms with van der Waals surface area (Å²) in [5.74, 6) is -0.859. The van der Waals surface area contributed by atoms with Crippen LogP contribution in [-0.2, 0) is 11.2 Å². The van der Waals surface area contributed by atoms with Gasteiger partial charge < -0.3 is 10.6 Å². The lowest BCUT2D eigenvalue weighted by Crippen LogP contribution is -2.14. The summed E-state index contributed by atoms with van der Waals surface area (Å²) in [6.45, 7) is 0. The molecule has 2 N–H and O–H groups in total. The van der Waals surface area contributed by atoms with E-state index in [9.17, 15) is 13.6 Å². The highest BCUT2D eigenvalue weighted by molar-refractivity contribution is 5.92. The highest BCUT2D eigenvalue weighted by Gasteiger charge is 2.05. The molecule has 0 unspecified atom stereocenters. The second-order valence-electron chi connectivity index (χ2n) is 5.53. The lowest BCUT2D eigenvalue weighted by Gasteiger charge is -2.09. The third kappa shape index (κ3) is 4.64. The van der Waals surface area contributed by atoms with Crippen molar-refractivity contribution < 1.29 is 13.6 Å². The molecule has 0 atom stereocenters. The van der Waals surface area contributed by atoms with Gasteiger partial charge in [0.25, 0.3) is 0 Å². The number of hydrogen-bond donors (Lipinski definition) is 2. The zero-order valence-electron chi connectivity index (χ0n) is 13.3. The zero-order chi connectivity index (χ0) is 17.6. The second-order valence-corrected chi connectivity index (χ2v) is 5.53. The molecular weight excluding hydrogens is 322 g/mol. The predicted octanol–water partition coefficient (Wildman–Crippen LogP) is 4.89. The van der Waals surface area contributed by atoms with Gasteiger partial charge in [0.15, 0.2) is 0 Å². The molecule has 0 radical (unpaired) electrons. The van der Waals surface area contributed by atoms with Crippen LogP contribution in [0.5, 0.6) is 0 Å². The number of halogens is 2. The van der Waals surface area contributed by atoms with Gasteiger partial charge in [0.05, 0.1) is 12.1 Å². The Morgan fingerprint density at radius 3 is 2.12 bits per heavy atom. The molecule has 0 aliphatic heterocycles. The molecule has 0 aromatic heterocycles. The number of rotatable bonds is 5. The maximum atomic E-state index is 13.6. The average Bonchev–Trinajstić information content (AvgIpc) is 2.61. The number of carbonyl (C=O) groups excluding carboxylic acids is 1. The van der Waals surface area contributed by atoms with Gasteiger partial charge in [-0.3, -0.25) is 4.79 Å². The third-order valence-corrected chi connectivity index (χ3v) is 3.60. The van der Waals surface area contributed by atoms with Crippen molar-refractivity contribution in [3.8, 4) is 0 Å². The molecule has 25 heavy (non-hydrogen) atoms. The van der Waals surface area contributed by atoms with Crippen LogP contribution in [0.15, 0.2) is 72.8 Å². The lowest BCUT2D eigenvalue weighted by atomic mass is 10.1. The van der Waals surface area contributed by atoms with Crippen LogP contribution in [0.2, 0.25) is 0 Å². The Kier molecular flexibility index (Phi) is 5.04. The van der Waals surface area contributed by atoms with Gasteiger partial charge in [0, 0.05) is 11.4 Å². The maximum Gasteiger partial charge on any atom is 0.228 e. The Morgan fingerprint density at radius 2 is 1.44 bits per heavy atom. The van der Waals surface area contributed by atoms with E-state index in [-0.39, 0.29) is 24.0 Å². The van der Waals surface area contributed by atoms with Crippen LogP contribution in [0.25, 0.3) is 0 Å². The molecule has 0 saturated carbocycles. The molecule has 0 aliphatic rings. The smallest absolute Gasteiger partial charge is 0.228 e. The van der Waals surface area contributed by atoms with E-state index in [1.807, 2.05) is 0 Å². The van der Waals surface area contributed by atoms with Crippen molar-refractivity contribution in [3.63, 3.8) is 0 Å². The maximum absolute atomic E-state index is 13.6. The van der Waals surface area contributed by atoms with Gasteiger partial charge >= 0.3 is 0 Å². The van der Waals surface area contributed by atoms with E-state index in [1.165, 1.54) is 18.2 Å². The highest BCUT2D eigenvalue weighted by atomic mass is 19.1. The number of benzene rings is 3. The van der Waals surface area contributed by atoms with Gasteiger partial charge in [-0.2, -0.15) is 0 Å². The van der Waals surface area contributed by atoms with Crippen molar-refractivity contribution in [1.29, 1.82) is 0 Å². The first-order valence-corrected chi connectivity index (χ1v) is 7.76. The van der Waals surface area contributed by atoms with E-state index in [2.05, 4.69) is 10.6 Å². The third-order valence-electron chi connectivity index (χ3n) is 3.60. The fourth-order valence-corrected chi connectivity index (χ4v) is 2.35. The van der Waals surface area contributed by atoms with Crippen molar-refractivity contribution in [3.05, 3.63) is 90.0 Å². The standard InChI is InChI=1S/C20H16F2N2O/c21-15-7-5-14(6-8-15)13-20(25)24-17-11-9-16(10-12-17)23-19-4-2-1-3-18(19)22/h1-12,23H,13H2,(H,24,25). The molecule has 0 spiro atoms. The summed E-state index contributed by atoms with van der Waals surface area (Å²) >= 11 is 0. The summed E-state index contributed by atoms with van der Waals surface area (Å²) in [6.07, 6.45) is 0.162. The number of hydrogen-bond acceptors (Lipinski definition) is 2. The largest absolute Gasteiger partial charge is 0.353 e. The van der Waals surface area contributed by atoms with Crippen molar-refractivity contribution in [2.24, 2.45) is 0 Å². The number of carbonyl (C=O) groups is 1. The Hall–Kier alpha value is -3.21. The van der Waals surface area contributed by atoms with Crippen LogP contribution < -0.4 is 10.6 Å². The van der Waals surface area contributed by atoms with Gasteiger partial charge in [-0.15, -0.1) is 0 Å². The molecule has 0 heterocycles. The normalized spacial score (nSPS) is 10.3. The topological polar surface area (TPSA) is 41.1 Å². The molecular formula is C20H16F2N2O. The van der Waals surface area contributed by atoms with E-state index in [0.717, 1.165) is 5.56 Å². The van der Waals surface area contributed by atoms with Gasteiger partial charge in [-0.25, -0.2) is 8.78 Å². The van der Waals surface area contributed by atoms with Gasteiger partial charge in [-0.05, 0) is 54.1 Å². The lowest BCUT2D eigenvalue weighted by molar-refractivity contribution is -0.115. The Balaban J connectivity index is 1.59. The van der Waals surface area contributed by atoms with Crippen molar-refractivity contribution in [1.82, 2.24) is 0 Å². The van der Waals surface area contributed by atoms with Crippen LogP contribution in [0.3, 0.4) is 0 Å². The fraction of sp³-hybridized carbons (Fsp3) is 0.0500. The summed E-state index contributed by atoms with van der Waals surface area (Å²) in [6, 6.07) is 19.2. The highest BCUT2D eigenvalue weighted by Crippen LogP contribution is 2.21. The van der Waals surface area contributed by atoms with Crippen LogP contribution in [0.4, 0.5) is 25.8 Å². The van der Waals surface area contributed by atoms with Crippen LogP contribution in [0.1, 0.15) is 5.56 Å². The molecule has 0 saturated heterocycles. The fourth-order valence-electron chi connectivity index (χ4n) is 2.35. The summed E-state index contributed by atoms with van der Waals surface area (Å²) in [5, 5.41) is 5.75. The Morgan fingerprint density at radius 1 is 0.800 bits per heavy atom. The molecule has 5 heteroatoms. The number of anilines is 3. The number of para-hydroxylation sites is 1. The van der Waals surface area contributed by atoms with Crippen LogP contribution >= 0.6 is 0 Å². The first kappa shape index (κ1) is 16.6. The van der Waals surface area contributed by atoms with E-state index in [1.54, 1.807) is 54.6 Å². The molecule has 3 nitrogen and oxygen atoms in total. The summed E-state index contributed by atoms with van der Waals surface area (Å²) in [7, 11) is 0. The van der Waals surface area contributed by atoms with E-state index >= 15 is 0 Å². The minimum atomic E-state index is -0.334. The zero-order valence-corrected chi connectivity index (χ0v) is 13.3. The van der Waals surface area contributed by atoms with E-state index < -0.39 is 0 Å². The molecule has 126 valence electrons. The summed E-state index contributed by atoms with van der Waals surface area (Å²) in [5.41, 5.74) is 2.46. The minimum Gasteiger partial charge on any atom is -0.353 e. The molecule has 3 aromatic carbocycles. The van der Waals surface area contributed by atoms with Crippen molar-refractivity contribution in [2.45, 2.75) is 6.42 Å². The molecule has 3 rings (SSSR count). The quantitative estimate of drug-likeness (QED) is 0.695. The van der Waals surface area contributed by atoms with Crippen LogP contribution in [-0.4, -0.2) is 5.91 Å². The Bertz CT molecular complexity index is 862. The Labute approximate surface area is 144 Å². The van der Waals surface area contributed by atoms with Gasteiger partial charge in [0.2, 0.25) is 5.91 Å². The molecule has 1 amide bonds. The minimum absolute atomic E-state index is 0.162. The van der Waals surface area contributed by atoms with E-state index in [0.29, 0.717) is 17.1 Å².